The third-order valence-corrected chi connectivity index (χ3v) is 1.41. The van der Waals surface area contributed by atoms with E-state index in [1.165, 1.54) is 0 Å². The topological polar surface area (TPSA) is 20.2 Å². The van der Waals surface area contributed by atoms with Crippen molar-refractivity contribution in [2.24, 2.45) is 0 Å². The molecule has 0 aliphatic heterocycles. The molecule has 0 radical (unpaired) electrons. The molecule has 1 N–H and O–H groups in total. The van der Waals surface area contributed by atoms with Crippen molar-refractivity contribution < 1.29 is 18.3 Å². The summed E-state index contributed by atoms with van der Waals surface area (Å²) in [5.41, 5.74) is 0. The van der Waals surface area contributed by atoms with Crippen LogP contribution in [-0.2, 0) is 0 Å². The number of unbranched alkanes of at least 4 members (excludes halogenated alkanes) is 1. The van der Waals surface area contributed by atoms with Gasteiger partial charge in [-0.1, -0.05) is 6.08 Å². The van der Waals surface area contributed by atoms with Gasteiger partial charge in [0, 0.05) is 0 Å². The van der Waals surface area contributed by atoms with Gasteiger partial charge in [-0.25, -0.2) is 0 Å². The summed E-state index contributed by atoms with van der Waals surface area (Å²) in [6.07, 6.45) is -3.61. The lowest BCUT2D eigenvalue weighted by molar-refractivity contribution is -0.154. The zero-order valence-corrected chi connectivity index (χ0v) is 6.77. The molecule has 4 heteroatoms. The molecule has 0 fully saturated rings. The van der Waals surface area contributed by atoms with Gasteiger partial charge >= 0.3 is 6.18 Å². The van der Waals surface area contributed by atoms with Crippen LogP contribution in [-0.4, -0.2) is 17.4 Å². The molecular formula is C8H13F3O. The quantitative estimate of drug-likeness (QED) is 0.512. The Balaban J connectivity index is 3.46. The van der Waals surface area contributed by atoms with E-state index in [1.807, 2.05) is 0 Å². The van der Waals surface area contributed by atoms with E-state index < -0.39 is 18.7 Å². The van der Waals surface area contributed by atoms with Crippen LogP contribution in [0.2, 0.25) is 0 Å². The van der Waals surface area contributed by atoms with Gasteiger partial charge in [0.05, 0.1) is 12.5 Å². The Kier molecular flexibility index (Phi) is 4.97. The van der Waals surface area contributed by atoms with Crippen LogP contribution in [0.5, 0.6) is 0 Å². The van der Waals surface area contributed by atoms with Gasteiger partial charge < -0.3 is 5.11 Å². The van der Waals surface area contributed by atoms with Crippen LogP contribution < -0.4 is 0 Å². The average Bonchev–Trinajstić information content (AvgIpc) is 1.84. The number of rotatable bonds is 5. The Morgan fingerprint density at radius 1 is 1.42 bits per heavy atom. The van der Waals surface area contributed by atoms with Crippen LogP contribution in [0.1, 0.15) is 25.7 Å². The van der Waals surface area contributed by atoms with Crippen LogP contribution in [0.3, 0.4) is 0 Å². The first-order valence-electron chi connectivity index (χ1n) is 3.81. The van der Waals surface area contributed by atoms with Gasteiger partial charge in [0.15, 0.2) is 0 Å². The molecule has 0 saturated carbocycles. The van der Waals surface area contributed by atoms with Crippen LogP contribution in [0, 0.1) is 0 Å². The maximum Gasteiger partial charge on any atom is 0.391 e. The van der Waals surface area contributed by atoms with Crippen LogP contribution in [0.4, 0.5) is 13.2 Å². The van der Waals surface area contributed by atoms with Gasteiger partial charge in [-0.2, -0.15) is 13.2 Å². The lowest BCUT2D eigenvalue weighted by atomic mass is 10.1. The second-order valence-corrected chi connectivity index (χ2v) is 2.69. The van der Waals surface area contributed by atoms with Crippen molar-refractivity contribution in [2.45, 2.75) is 38.0 Å². The summed E-state index contributed by atoms with van der Waals surface area (Å²) in [4.78, 5) is 0. The Bertz CT molecular complexity index is 131. The minimum absolute atomic E-state index is 0.186. The maximum atomic E-state index is 11.6. The van der Waals surface area contributed by atoms with Crippen LogP contribution >= 0.6 is 0 Å². The SMILES string of the molecule is C=CCCCC(O)CC(F)(F)F. The van der Waals surface area contributed by atoms with Gasteiger partial charge in [-0.3, -0.25) is 0 Å². The maximum absolute atomic E-state index is 11.6. The molecule has 0 rings (SSSR count). The van der Waals surface area contributed by atoms with Crippen molar-refractivity contribution >= 4 is 0 Å². The standard InChI is InChI=1S/C8H13F3O/c1-2-3-4-5-7(12)6-8(9,10)11/h2,7,12H,1,3-6H2. The molecule has 1 atom stereocenters. The van der Waals surface area contributed by atoms with E-state index in [2.05, 4.69) is 6.58 Å². The van der Waals surface area contributed by atoms with E-state index in [0.29, 0.717) is 12.8 Å². The lowest BCUT2D eigenvalue weighted by Crippen LogP contribution is -2.18. The van der Waals surface area contributed by atoms with Crippen molar-refractivity contribution in [2.75, 3.05) is 0 Å². The van der Waals surface area contributed by atoms with Crippen LogP contribution in [0.25, 0.3) is 0 Å². The third-order valence-electron chi connectivity index (χ3n) is 1.41. The van der Waals surface area contributed by atoms with Crippen molar-refractivity contribution in [1.29, 1.82) is 0 Å². The van der Waals surface area contributed by atoms with Gasteiger partial charge in [0.1, 0.15) is 0 Å². The Morgan fingerprint density at radius 2 is 2.00 bits per heavy atom. The second-order valence-electron chi connectivity index (χ2n) is 2.69. The first kappa shape index (κ1) is 11.5. The molecule has 0 saturated heterocycles. The third kappa shape index (κ3) is 7.60. The normalized spacial score (nSPS) is 14.3. The number of hydrogen-bond donors (Lipinski definition) is 1. The minimum atomic E-state index is -4.26. The van der Waals surface area contributed by atoms with Gasteiger partial charge in [-0.15, -0.1) is 6.58 Å². The minimum Gasteiger partial charge on any atom is -0.393 e. The second kappa shape index (κ2) is 5.19. The first-order valence-corrected chi connectivity index (χ1v) is 3.81. The fourth-order valence-corrected chi connectivity index (χ4v) is 0.867. The summed E-state index contributed by atoms with van der Waals surface area (Å²) in [6.45, 7) is 3.43. The summed E-state index contributed by atoms with van der Waals surface area (Å²) >= 11 is 0. The molecule has 12 heavy (non-hydrogen) atoms. The van der Waals surface area contributed by atoms with Crippen molar-refractivity contribution in [3.05, 3.63) is 12.7 Å². The number of aliphatic hydroxyl groups excluding tert-OH is 1. The molecule has 0 aliphatic rings. The van der Waals surface area contributed by atoms with Gasteiger partial charge in [0.25, 0.3) is 0 Å². The highest BCUT2D eigenvalue weighted by atomic mass is 19.4. The monoisotopic (exact) mass is 182 g/mol. The summed E-state index contributed by atoms with van der Waals surface area (Å²) in [7, 11) is 0. The van der Waals surface area contributed by atoms with Crippen molar-refractivity contribution in [1.82, 2.24) is 0 Å². The highest BCUT2D eigenvalue weighted by molar-refractivity contribution is 4.68. The molecular weight excluding hydrogens is 169 g/mol. The van der Waals surface area contributed by atoms with Crippen molar-refractivity contribution in [3.8, 4) is 0 Å². The fraction of sp³-hybridized carbons (Fsp3) is 0.750. The molecule has 0 bridgehead atoms. The number of hydrogen-bond acceptors (Lipinski definition) is 1. The molecule has 0 spiro atoms. The highest BCUT2D eigenvalue weighted by Crippen LogP contribution is 2.23. The smallest absolute Gasteiger partial charge is 0.391 e. The molecule has 0 aliphatic carbocycles. The largest absolute Gasteiger partial charge is 0.393 e. The predicted molar refractivity (Wildman–Crippen MR) is 40.7 cm³/mol. The summed E-state index contributed by atoms with van der Waals surface area (Å²) in [5.74, 6) is 0. The first-order chi connectivity index (χ1) is 5.45. The average molecular weight is 182 g/mol. The zero-order chi connectivity index (χ0) is 9.61. The van der Waals surface area contributed by atoms with Gasteiger partial charge in [-0.05, 0) is 19.3 Å². The van der Waals surface area contributed by atoms with E-state index in [4.69, 9.17) is 5.11 Å². The highest BCUT2D eigenvalue weighted by Gasteiger charge is 2.30. The number of aliphatic hydroxyl groups is 1. The molecule has 0 aromatic heterocycles. The summed E-state index contributed by atoms with van der Waals surface area (Å²) < 4.78 is 34.9. The number of halogens is 3. The van der Waals surface area contributed by atoms with E-state index in [-0.39, 0.29) is 6.42 Å². The van der Waals surface area contributed by atoms with Gasteiger partial charge in [0.2, 0.25) is 0 Å². The van der Waals surface area contributed by atoms with E-state index >= 15 is 0 Å². The summed E-state index contributed by atoms with van der Waals surface area (Å²) in [6, 6.07) is 0. The molecule has 1 unspecified atom stereocenters. The fourth-order valence-electron chi connectivity index (χ4n) is 0.867. The molecule has 0 heterocycles. The molecule has 0 amide bonds. The van der Waals surface area contributed by atoms with E-state index in [9.17, 15) is 13.2 Å². The van der Waals surface area contributed by atoms with E-state index in [0.717, 1.165) is 0 Å². The Hall–Kier alpha value is -0.510. The lowest BCUT2D eigenvalue weighted by Gasteiger charge is -2.11. The molecule has 1 nitrogen and oxygen atoms in total. The van der Waals surface area contributed by atoms with Crippen molar-refractivity contribution in [3.63, 3.8) is 0 Å². The number of alkyl halides is 3. The Morgan fingerprint density at radius 3 is 2.42 bits per heavy atom. The number of allylic oxidation sites excluding steroid dienone is 1. The summed E-state index contributed by atoms with van der Waals surface area (Å²) in [5, 5.41) is 8.86. The molecule has 72 valence electrons. The molecule has 0 aromatic rings. The van der Waals surface area contributed by atoms with Crippen LogP contribution in [0.15, 0.2) is 12.7 Å². The molecule has 0 aromatic carbocycles. The van der Waals surface area contributed by atoms with E-state index in [1.54, 1.807) is 6.08 Å². The zero-order valence-electron chi connectivity index (χ0n) is 6.77. The predicted octanol–water partition coefficient (Wildman–Crippen LogP) is 2.66. The Labute approximate surface area is 69.9 Å².